The summed E-state index contributed by atoms with van der Waals surface area (Å²) in [6, 6.07) is 8.31. The van der Waals surface area contributed by atoms with Gasteiger partial charge in [0.15, 0.2) is 0 Å². The van der Waals surface area contributed by atoms with Gasteiger partial charge < -0.3 is 9.64 Å². The van der Waals surface area contributed by atoms with Crippen molar-refractivity contribution < 1.29 is 9.53 Å². The highest BCUT2D eigenvalue weighted by Gasteiger charge is 2.25. The van der Waals surface area contributed by atoms with E-state index in [2.05, 4.69) is 28.9 Å². The van der Waals surface area contributed by atoms with Crippen LogP contribution in [0.4, 0.5) is 0 Å². The summed E-state index contributed by atoms with van der Waals surface area (Å²) in [5.74, 6) is 0.283. The van der Waals surface area contributed by atoms with E-state index in [1.54, 1.807) is 0 Å². The number of ether oxygens (including phenoxy) is 1. The van der Waals surface area contributed by atoms with E-state index in [1.165, 1.54) is 5.56 Å². The van der Waals surface area contributed by atoms with Crippen LogP contribution in [0.1, 0.15) is 18.9 Å². The molecule has 138 valence electrons. The van der Waals surface area contributed by atoms with E-state index in [1.807, 2.05) is 17.0 Å². The maximum absolute atomic E-state index is 12.6. The van der Waals surface area contributed by atoms with Gasteiger partial charge in [0.1, 0.15) is 0 Å². The van der Waals surface area contributed by atoms with Crippen molar-refractivity contribution in [3.63, 3.8) is 0 Å². The fraction of sp³-hybridized carbons (Fsp3) is 0.632. The van der Waals surface area contributed by atoms with Crippen LogP contribution < -0.4 is 0 Å². The highest BCUT2D eigenvalue weighted by molar-refractivity contribution is 6.30. The summed E-state index contributed by atoms with van der Waals surface area (Å²) >= 11 is 5.94. The number of morpholine rings is 1. The average Bonchev–Trinajstić information content (AvgIpc) is 2.65. The zero-order chi connectivity index (χ0) is 17.6. The molecule has 0 N–H and O–H groups in total. The summed E-state index contributed by atoms with van der Waals surface area (Å²) in [5, 5.41) is 0.772. The molecule has 2 saturated heterocycles. The molecule has 3 rings (SSSR count). The van der Waals surface area contributed by atoms with Crippen LogP contribution >= 0.6 is 11.6 Å². The van der Waals surface area contributed by atoms with Gasteiger partial charge in [0.25, 0.3) is 0 Å². The highest BCUT2D eigenvalue weighted by Crippen LogP contribution is 2.14. The predicted molar refractivity (Wildman–Crippen MR) is 99.8 cm³/mol. The van der Waals surface area contributed by atoms with Gasteiger partial charge in [-0.1, -0.05) is 23.7 Å². The number of nitrogens with zero attached hydrogens (tertiary/aromatic N) is 3. The second kappa shape index (κ2) is 8.99. The Bertz CT molecular complexity index is 552. The van der Waals surface area contributed by atoms with Crippen molar-refractivity contribution in [1.29, 1.82) is 0 Å². The summed E-state index contributed by atoms with van der Waals surface area (Å²) in [6.45, 7) is 10.0. The maximum atomic E-state index is 12.6. The second-order valence-electron chi connectivity index (χ2n) is 6.98. The molecule has 0 aliphatic carbocycles. The van der Waals surface area contributed by atoms with Gasteiger partial charge in [0, 0.05) is 63.3 Å². The Balaban J connectivity index is 1.41. The third-order valence-corrected chi connectivity index (χ3v) is 5.44. The smallest absolute Gasteiger partial charge is 0.224 e. The Morgan fingerprint density at radius 2 is 1.72 bits per heavy atom. The largest absolute Gasteiger partial charge is 0.379 e. The number of amides is 1. The molecule has 1 aromatic rings. The molecule has 1 aromatic carbocycles. The van der Waals surface area contributed by atoms with Crippen molar-refractivity contribution in [2.45, 2.75) is 25.9 Å². The number of hydrogen-bond donors (Lipinski definition) is 0. The van der Waals surface area contributed by atoms with Gasteiger partial charge in [-0.05, 0) is 24.6 Å². The molecule has 0 aromatic heterocycles. The van der Waals surface area contributed by atoms with Gasteiger partial charge in [-0.2, -0.15) is 0 Å². The molecule has 0 radical (unpaired) electrons. The lowest BCUT2D eigenvalue weighted by Crippen LogP contribution is -2.50. The molecule has 2 aliphatic heterocycles. The van der Waals surface area contributed by atoms with Crippen molar-refractivity contribution >= 4 is 17.5 Å². The minimum Gasteiger partial charge on any atom is -0.379 e. The summed E-state index contributed by atoms with van der Waals surface area (Å²) in [5.41, 5.74) is 1.27. The lowest BCUT2D eigenvalue weighted by atomic mass is 10.1. The molecule has 0 spiro atoms. The van der Waals surface area contributed by atoms with Crippen molar-refractivity contribution in [2.75, 3.05) is 52.5 Å². The topological polar surface area (TPSA) is 36.0 Å². The molecule has 6 heteroatoms. The van der Waals surface area contributed by atoms with Crippen LogP contribution in [0.25, 0.3) is 0 Å². The fourth-order valence-electron chi connectivity index (χ4n) is 3.53. The Morgan fingerprint density at radius 3 is 2.36 bits per heavy atom. The zero-order valence-electron chi connectivity index (χ0n) is 15.0. The van der Waals surface area contributed by atoms with Gasteiger partial charge in [-0.25, -0.2) is 0 Å². The molecular weight excluding hydrogens is 338 g/mol. The van der Waals surface area contributed by atoms with E-state index < -0.39 is 0 Å². The second-order valence-corrected chi connectivity index (χ2v) is 7.42. The first-order valence-corrected chi connectivity index (χ1v) is 9.56. The van der Waals surface area contributed by atoms with Gasteiger partial charge in [-0.15, -0.1) is 0 Å². The normalized spacial score (nSPS) is 21.3. The molecule has 0 unspecified atom stereocenters. The molecule has 0 bridgehead atoms. The quantitative estimate of drug-likeness (QED) is 0.800. The van der Waals surface area contributed by atoms with Crippen LogP contribution in [0.5, 0.6) is 0 Å². The van der Waals surface area contributed by atoms with E-state index in [4.69, 9.17) is 16.3 Å². The van der Waals surface area contributed by atoms with Gasteiger partial charge in [0.2, 0.25) is 5.91 Å². The monoisotopic (exact) mass is 365 g/mol. The average molecular weight is 366 g/mol. The molecule has 1 atom stereocenters. The first-order valence-electron chi connectivity index (χ1n) is 9.18. The summed E-state index contributed by atoms with van der Waals surface area (Å²) < 4.78 is 5.39. The van der Waals surface area contributed by atoms with Crippen molar-refractivity contribution in [3.8, 4) is 0 Å². The standard InChI is InChI=1S/C19H28ClN3O2/c1-16(22-10-12-25-13-11-22)14-19(24)23-8-6-21(7-9-23)15-17-2-4-18(20)5-3-17/h2-5,16H,6-15H2,1H3/t16-/m1/s1. The number of rotatable bonds is 5. The number of benzene rings is 1. The molecule has 1 amide bonds. The zero-order valence-corrected chi connectivity index (χ0v) is 15.7. The Hall–Kier alpha value is -1.14. The van der Waals surface area contributed by atoms with Gasteiger partial charge >= 0.3 is 0 Å². The van der Waals surface area contributed by atoms with Gasteiger partial charge in [-0.3, -0.25) is 14.6 Å². The first kappa shape index (κ1) is 18.6. The number of carbonyl (C=O) groups is 1. The van der Waals surface area contributed by atoms with Gasteiger partial charge in [0.05, 0.1) is 13.2 Å². The minimum absolute atomic E-state index is 0.283. The highest BCUT2D eigenvalue weighted by atomic mass is 35.5. The van der Waals surface area contributed by atoms with E-state index in [0.717, 1.165) is 64.0 Å². The van der Waals surface area contributed by atoms with Crippen LogP contribution in [0.2, 0.25) is 5.02 Å². The number of piperazine rings is 1. The van der Waals surface area contributed by atoms with Crippen molar-refractivity contribution in [3.05, 3.63) is 34.9 Å². The summed E-state index contributed by atoms with van der Waals surface area (Å²) in [7, 11) is 0. The Labute approximate surface area is 155 Å². The third kappa shape index (κ3) is 5.42. The van der Waals surface area contributed by atoms with Crippen LogP contribution in [0.3, 0.4) is 0 Å². The first-order chi connectivity index (χ1) is 12.1. The van der Waals surface area contributed by atoms with Crippen LogP contribution in [-0.2, 0) is 16.1 Å². The lowest BCUT2D eigenvalue weighted by Gasteiger charge is -2.37. The van der Waals surface area contributed by atoms with Crippen LogP contribution in [0.15, 0.2) is 24.3 Å². The summed E-state index contributed by atoms with van der Waals surface area (Å²) in [6.07, 6.45) is 0.608. The van der Waals surface area contributed by atoms with Crippen molar-refractivity contribution in [1.82, 2.24) is 14.7 Å². The lowest BCUT2D eigenvalue weighted by molar-refractivity contribution is -0.134. The van der Waals surface area contributed by atoms with E-state index in [-0.39, 0.29) is 5.91 Å². The van der Waals surface area contributed by atoms with Crippen LogP contribution in [0, 0.1) is 0 Å². The molecule has 5 nitrogen and oxygen atoms in total. The predicted octanol–water partition coefficient (Wildman–Crippen LogP) is 2.09. The van der Waals surface area contributed by atoms with E-state index >= 15 is 0 Å². The van der Waals surface area contributed by atoms with Crippen molar-refractivity contribution in [2.24, 2.45) is 0 Å². The molecule has 25 heavy (non-hydrogen) atoms. The fourth-order valence-corrected chi connectivity index (χ4v) is 3.66. The number of hydrogen-bond acceptors (Lipinski definition) is 4. The summed E-state index contributed by atoms with van der Waals surface area (Å²) in [4.78, 5) is 19.4. The maximum Gasteiger partial charge on any atom is 0.224 e. The minimum atomic E-state index is 0.283. The molecule has 0 saturated carbocycles. The Morgan fingerprint density at radius 1 is 1.08 bits per heavy atom. The number of carbonyl (C=O) groups excluding carboxylic acids is 1. The molecule has 2 fully saturated rings. The molecule has 2 aliphatic rings. The van der Waals surface area contributed by atoms with Crippen LogP contribution in [-0.4, -0.2) is 79.1 Å². The third-order valence-electron chi connectivity index (χ3n) is 5.18. The van der Waals surface area contributed by atoms with E-state index in [9.17, 15) is 4.79 Å². The SMILES string of the molecule is C[C@H](CC(=O)N1CCN(Cc2ccc(Cl)cc2)CC1)N1CCOCC1. The molecular formula is C19H28ClN3O2. The molecule has 2 heterocycles. The Kier molecular flexibility index (Phi) is 6.70. The number of halogens is 1. The van der Waals surface area contributed by atoms with E-state index in [0.29, 0.717) is 12.5 Å².